The van der Waals surface area contributed by atoms with Crippen LogP contribution in [-0.4, -0.2) is 38.4 Å². The highest BCUT2D eigenvalue weighted by Gasteiger charge is 2.30. The Morgan fingerprint density at radius 2 is 1.60 bits per heavy atom. The molecule has 0 spiro atoms. The van der Waals surface area contributed by atoms with Crippen molar-refractivity contribution in [2.75, 3.05) is 19.6 Å². The Morgan fingerprint density at radius 3 is 2.15 bits per heavy atom. The van der Waals surface area contributed by atoms with Gasteiger partial charge in [0.25, 0.3) is 10.2 Å². The smallest absolute Gasteiger partial charge is 0.279 e. The van der Waals surface area contributed by atoms with Crippen LogP contribution >= 0.6 is 12.4 Å². The van der Waals surface area contributed by atoms with Crippen LogP contribution in [0, 0.1) is 5.92 Å². The van der Waals surface area contributed by atoms with Gasteiger partial charge in [-0.05, 0) is 31.6 Å². The molecule has 0 amide bonds. The molecule has 1 aliphatic carbocycles. The van der Waals surface area contributed by atoms with Crippen LogP contribution in [-0.2, 0) is 10.2 Å². The molecular formula is C13H28ClN3O2S. The molecule has 0 aromatic rings. The van der Waals surface area contributed by atoms with Crippen LogP contribution < -0.4 is 10.5 Å². The molecule has 7 heteroatoms. The average molecular weight is 326 g/mol. The molecule has 1 heterocycles. The van der Waals surface area contributed by atoms with E-state index in [1.165, 1.54) is 19.3 Å². The van der Waals surface area contributed by atoms with E-state index >= 15 is 0 Å². The van der Waals surface area contributed by atoms with E-state index in [1.54, 1.807) is 4.31 Å². The lowest BCUT2D eigenvalue weighted by atomic mass is 9.84. The van der Waals surface area contributed by atoms with E-state index in [0.717, 1.165) is 32.1 Å². The summed E-state index contributed by atoms with van der Waals surface area (Å²) in [6, 6.07) is -0.0905. The molecule has 1 unspecified atom stereocenters. The maximum absolute atomic E-state index is 12.4. The zero-order valence-corrected chi connectivity index (χ0v) is 13.7. The topological polar surface area (TPSA) is 75.4 Å². The molecular weight excluding hydrogens is 298 g/mol. The van der Waals surface area contributed by atoms with Gasteiger partial charge < -0.3 is 5.73 Å². The second kappa shape index (κ2) is 8.54. The van der Waals surface area contributed by atoms with Gasteiger partial charge in [-0.3, -0.25) is 0 Å². The van der Waals surface area contributed by atoms with Crippen molar-refractivity contribution in [3.05, 3.63) is 0 Å². The van der Waals surface area contributed by atoms with Crippen molar-refractivity contribution in [2.24, 2.45) is 11.7 Å². The van der Waals surface area contributed by atoms with Crippen molar-refractivity contribution in [3.8, 4) is 0 Å². The maximum atomic E-state index is 12.4. The number of piperidine rings is 1. The highest BCUT2D eigenvalue weighted by atomic mass is 35.5. The summed E-state index contributed by atoms with van der Waals surface area (Å²) >= 11 is 0. The lowest BCUT2D eigenvalue weighted by molar-refractivity contribution is 0.283. The summed E-state index contributed by atoms with van der Waals surface area (Å²) in [6.45, 7) is 1.70. The van der Waals surface area contributed by atoms with Crippen LogP contribution in [0.2, 0.25) is 0 Å². The van der Waals surface area contributed by atoms with E-state index in [9.17, 15) is 8.42 Å². The summed E-state index contributed by atoms with van der Waals surface area (Å²) < 4.78 is 29.2. The first-order valence-electron chi connectivity index (χ1n) is 7.61. The van der Waals surface area contributed by atoms with Gasteiger partial charge in [0.05, 0.1) is 0 Å². The summed E-state index contributed by atoms with van der Waals surface area (Å²) in [5.74, 6) is 0.415. The molecule has 1 aliphatic heterocycles. The SMILES string of the molecule is Cl.NCC(NS(=O)(=O)N1CCCCC1)C1CCCCC1. The molecule has 1 saturated heterocycles. The first kappa shape index (κ1) is 18.2. The Labute approximate surface area is 129 Å². The normalized spacial score (nSPS) is 24.1. The fraction of sp³-hybridized carbons (Fsp3) is 1.00. The second-order valence-electron chi connectivity index (χ2n) is 5.82. The molecule has 0 radical (unpaired) electrons. The highest BCUT2D eigenvalue weighted by Crippen LogP contribution is 2.26. The van der Waals surface area contributed by atoms with Gasteiger partial charge in [0.1, 0.15) is 0 Å². The predicted molar refractivity (Wildman–Crippen MR) is 84.1 cm³/mol. The van der Waals surface area contributed by atoms with Gasteiger partial charge in [0.15, 0.2) is 0 Å². The minimum Gasteiger partial charge on any atom is -0.329 e. The van der Waals surface area contributed by atoms with Crippen LogP contribution in [0.5, 0.6) is 0 Å². The molecule has 5 nitrogen and oxygen atoms in total. The van der Waals surface area contributed by atoms with Crippen molar-refractivity contribution < 1.29 is 8.42 Å². The van der Waals surface area contributed by atoms with Gasteiger partial charge in [-0.15, -0.1) is 12.4 Å². The minimum atomic E-state index is -3.34. The first-order valence-corrected chi connectivity index (χ1v) is 9.05. The molecule has 120 valence electrons. The van der Waals surface area contributed by atoms with Gasteiger partial charge in [-0.1, -0.05) is 25.7 Å². The van der Waals surface area contributed by atoms with Crippen LogP contribution in [0.3, 0.4) is 0 Å². The number of halogens is 1. The molecule has 1 atom stereocenters. The first-order chi connectivity index (χ1) is 9.13. The zero-order chi connectivity index (χ0) is 13.7. The number of hydrogen-bond acceptors (Lipinski definition) is 3. The third-order valence-corrected chi connectivity index (χ3v) is 6.07. The number of nitrogens with zero attached hydrogens (tertiary/aromatic N) is 1. The van der Waals surface area contributed by atoms with Crippen molar-refractivity contribution in [3.63, 3.8) is 0 Å². The number of rotatable bonds is 5. The molecule has 2 fully saturated rings. The molecule has 20 heavy (non-hydrogen) atoms. The third kappa shape index (κ3) is 4.84. The average Bonchev–Trinajstić information content (AvgIpc) is 2.47. The van der Waals surface area contributed by atoms with E-state index in [-0.39, 0.29) is 18.4 Å². The summed E-state index contributed by atoms with van der Waals surface area (Å²) in [7, 11) is -3.34. The fourth-order valence-corrected chi connectivity index (χ4v) is 4.80. The highest BCUT2D eigenvalue weighted by molar-refractivity contribution is 7.87. The minimum absolute atomic E-state index is 0. The largest absolute Gasteiger partial charge is 0.329 e. The van der Waals surface area contributed by atoms with Gasteiger partial charge >= 0.3 is 0 Å². The maximum Gasteiger partial charge on any atom is 0.279 e. The van der Waals surface area contributed by atoms with Gasteiger partial charge in [0.2, 0.25) is 0 Å². The third-order valence-electron chi connectivity index (χ3n) is 4.43. The van der Waals surface area contributed by atoms with Crippen LogP contribution in [0.1, 0.15) is 51.4 Å². The van der Waals surface area contributed by atoms with Crippen molar-refractivity contribution >= 4 is 22.6 Å². The molecule has 2 rings (SSSR count). The molecule has 3 N–H and O–H groups in total. The van der Waals surface area contributed by atoms with E-state index in [2.05, 4.69) is 4.72 Å². The number of hydrogen-bond donors (Lipinski definition) is 2. The Balaban J connectivity index is 0.00000200. The zero-order valence-electron chi connectivity index (χ0n) is 12.1. The Bertz CT molecular complexity index is 366. The van der Waals surface area contributed by atoms with Crippen LogP contribution in [0.15, 0.2) is 0 Å². The van der Waals surface area contributed by atoms with E-state index < -0.39 is 10.2 Å². The van der Waals surface area contributed by atoms with E-state index in [0.29, 0.717) is 25.6 Å². The lowest BCUT2D eigenvalue weighted by Gasteiger charge is -2.33. The molecule has 1 saturated carbocycles. The van der Waals surface area contributed by atoms with Crippen molar-refractivity contribution in [2.45, 2.75) is 57.4 Å². The summed E-state index contributed by atoms with van der Waals surface area (Å²) in [6.07, 6.45) is 8.95. The Hall–Kier alpha value is 0.120. The lowest BCUT2D eigenvalue weighted by Crippen LogP contribution is -2.52. The Kier molecular flexibility index (Phi) is 7.75. The number of nitrogens with one attached hydrogen (secondary N) is 1. The van der Waals surface area contributed by atoms with E-state index in [1.807, 2.05) is 0 Å². The van der Waals surface area contributed by atoms with Crippen LogP contribution in [0.25, 0.3) is 0 Å². The molecule has 2 aliphatic rings. The summed E-state index contributed by atoms with van der Waals surface area (Å²) in [4.78, 5) is 0. The van der Waals surface area contributed by atoms with E-state index in [4.69, 9.17) is 5.73 Å². The molecule has 0 bridgehead atoms. The van der Waals surface area contributed by atoms with Gasteiger partial charge in [-0.2, -0.15) is 17.4 Å². The number of nitrogens with two attached hydrogens (primary N) is 1. The summed E-state index contributed by atoms with van der Waals surface area (Å²) in [5.41, 5.74) is 5.79. The quantitative estimate of drug-likeness (QED) is 0.806. The van der Waals surface area contributed by atoms with Gasteiger partial charge in [0, 0.05) is 25.7 Å². The monoisotopic (exact) mass is 325 g/mol. The van der Waals surface area contributed by atoms with Gasteiger partial charge in [-0.25, -0.2) is 0 Å². The second-order valence-corrected chi connectivity index (χ2v) is 7.53. The predicted octanol–water partition coefficient (Wildman–Crippen LogP) is 1.64. The fourth-order valence-electron chi connectivity index (χ4n) is 3.24. The molecule has 0 aromatic heterocycles. The van der Waals surface area contributed by atoms with Crippen molar-refractivity contribution in [1.29, 1.82) is 0 Å². The standard InChI is InChI=1S/C13H27N3O2S.ClH/c14-11-13(12-7-3-1-4-8-12)15-19(17,18)16-9-5-2-6-10-16;/h12-13,15H,1-11,14H2;1H. The summed E-state index contributed by atoms with van der Waals surface area (Å²) in [5, 5.41) is 0. The van der Waals surface area contributed by atoms with Crippen molar-refractivity contribution in [1.82, 2.24) is 9.03 Å². The Morgan fingerprint density at radius 1 is 1.05 bits per heavy atom. The molecule has 0 aromatic carbocycles. The van der Waals surface area contributed by atoms with Crippen LogP contribution in [0.4, 0.5) is 0 Å².